The fourth-order valence-corrected chi connectivity index (χ4v) is 5.04. The Labute approximate surface area is 177 Å². The number of methoxy groups -OCH3 is 1. The Bertz CT molecular complexity index is 1180. The normalized spacial score (nSPS) is 16.4. The van der Waals surface area contributed by atoms with Gasteiger partial charge in [0.1, 0.15) is 5.75 Å². The molecule has 0 bridgehead atoms. The van der Waals surface area contributed by atoms with E-state index in [0.29, 0.717) is 6.42 Å². The van der Waals surface area contributed by atoms with Gasteiger partial charge in [-0.15, -0.1) is 0 Å². The van der Waals surface area contributed by atoms with Crippen molar-refractivity contribution in [2.45, 2.75) is 31.2 Å². The number of rotatable bonds is 5. The van der Waals surface area contributed by atoms with Gasteiger partial charge in [-0.25, -0.2) is 0 Å². The Morgan fingerprint density at radius 2 is 1.63 bits per heavy atom. The Morgan fingerprint density at radius 1 is 0.933 bits per heavy atom. The third kappa shape index (κ3) is 3.83. The van der Waals surface area contributed by atoms with Gasteiger partial charge in [-0.3, -0.25) is 0 Å². The van der Waals surface area contributed by atoms with Crippen LogP contribution in [0.2, 0.25) is 0 Å². The molecular formula is C24H24N2O3S. The van der Waals surface area contributed by atoms with Gasteiger partial charge in [-0.1, -0.05) is 59.7 Å². The molecule has 30 heavy (non-hydrogen) atoms. The molecule has 0 unspecified atom stereocenters. The van der Waals surface area contributed by atoms with Gasteiger partial charge in [-0.05, 0) is 49.2 Å². The topological polar surface area (TPSA) is 59.0 Å². The van der Waals surface area contributed by atoms with E-state index in [-0.39, 0.29) is 4.90 Å². The van der Waals surface area contributed by atoms with Crippen molar-refractivity contribution < 1.29 is 13.2 Å². The quantitative estimate of drug-likeness (QED) is 0.593. The molecule has 0 aliphatic carbocycles. The van der Waals surface area contributed by atoms with Crippen molar-refractivity contribution in [3.63, 3.8) is 0 Å². The van der Waals surface area contributed by atoms with Gasteiger partial charge < -0.3 is 4.74 Å². The van der Waals surface area contributed by atoms with E-state index in [0.717, 1.165) is 33.7 Å². The molecule has 5 nitrogen and oxygen atoms in total. The minimum atomic E-state index is -3.80. The first-order chi connectivity index (χ1) is 14.4. The van der Waals surface area contributed by atoms with E-state index in [9.17, 15) is 8.42 Å². The Hall–Kier alpha value is -3.12. The highest BCUT2D eigenvalue weighted by Gasteiger charge is 2.37. The molecule has 1 heterocycles. The summed E-state index contributed by atoms with van der Waals surface area (Å²) in [6.07, 6.45) is 0.501. The van der Waals surface area contributed by atoms with E-state index in [2.05, 4.69) is 5.10 Å². The monoisotopic (exact) mass is 420 g/mol. The van der Waals surface area contributed by atoms with Crippen LogP contribution in [0.4, 0.5) is 0 Å². The lowest BCUT2D eigenvalue weighted by Gasteiger charge is -2.23. The average molecular weight is 421 g/mol. The summed E-state index contributed by atoms with van der Waals surface area (Å²) in [5.41, 5.74) is 4.69. The maximum absolute atomic E-state index is 13.5. The summed E-state index contributed by atoms with van der Waals surface area (Å²) in [5, 5.41) is 4.60. The van der Waals surface area contributed by atoms with Gasteiger partial charge >= 0.3 is 0 Å². The molecule has 4 rings (SSSR count). The van der Waals surface area contributed by atoms with Crippen LogP contribution >= 0.6 is 0 Å². The number of nitrogens with zero attached hydrogens (tertiary/aromatic N) is 2. The molecule has 154 valence electrons. The molecule has 1 atom stereocenters. The molecule has 0 fully saturated rings. The minimum Gasteiger partial charge on any atom is -0.497 e. The molecule has 0 aromatic heterocycles. The molecule has 0 N–H and O–H groups in total. The first-order valence-corrected chi connectivity index (χ1v) is 11.2. The van der Waals surface area contributed by atoms with Crippen molar-refractivity contribution in [3.8, 4) is 5.75 Å². The summed E-state index contributed by atoms with van der Waals surface area (Å²) in [5.74, 6) is 0.726. The van der Waals surface area contributed by atoms with E-state index < -0.39 is 16.1 Å². The number of hydrogen-bond donors (Lipinski definition) is 0. The lowest BCUT2D eigenvalue weighted by Crippen LogP contribution is -2.27. The molecule has 0 radical (unpaired) electrons. The zero-order chi connectivity index (χ0) is 21.3. The largest absolute Gasteiger partial charge is 0.497 e. The smallest absolute Gasteiger partial charge is 0.279 e. The number of benzene rings is 3. The molecule has 1 aliphatic rings. The second-order valence-electron chi connectivity index (χ2n) is 7.50. The van der Waals surface area contributed by atoms with Crippen LogP contribution in [0.3, 0.4) is 0 Å². The van der Waals surface area contributed by atoms with E-state index in [1.54, 1.807) is 31.4 Å². The predicted octanol–water partition coefficient (Wildman–Crippen LogP) is 4.85. The Morgan fingerprint density at radius 3 is 2.27 bits per heavy atom. The van der Waals surface area contributed by atoms with Gasteiger partial charge in [0.25, 0.3) is 10.0 Å². The first kappa shape index (κ1) is 20.2. The molecule has 0 spiro atoms. The van der Waals surface area contributed by atoms with Gasteiger partial charge in [0.2, 0.25) is 0 Å². The molecule has 3 aromatic rings. The van der Waals surface area contributed by atoms with E-state index in [1.807, 2.05) is 62.4 Å². The molecule has 0 saturated carbocycles. The van der Waals surface area contributed by atoms with Gasteiger partial charge in [0.05, 0.1) is 23.8 Å². The lowest BCUT2D eigenvalue weighted by molar-refractivity contribution is 0.370. The van der Waals surface area contributed by atoms with Crippen LogP contribution in [0.25, 0.3) is 0 Å². The summed E-state index contributed by atoms with van der Waals surface area (Å²) in [7, 11) is -2.20. The lowest BCUT2D eigenvalue weighted by atomic mass is 9.98. The van der Waals surface area contributed by atoms with Crippen molar-refractivity contribution in [2.24, 2.45) is 5.10 Å². The average Bonchev–Trinajstić information content (AvgIpc) is 3.21. The zero-order valence-corrected chi connectivity index (χ0v) is 18.1. The number of hydrazone groups is 1. The van der Waals surface area contributed by atoms with Crippen LogP contribution in [-0.2, 0) is 10.0 Å². The Kier molecular flexibility index (Phi) is 5.35. The third-order valence-electron chi connectivity index (χ3n) is 5.29. The number of sulfonamides is 1. The van der Waals surface area contributed by atoms with Crippen LogP contribution in [0.15, 0.2) is 82.8 Å². The second kappa shape index (κ2) is 7.95. The summed E-state index contributed by atoms with van der Waals surface area (Å²) < 4.78 is 33.5. The van der Waals surface area contributed by atoms with Gasteiger partial charge in [0.15, 0.2) is 0 Å². The van der Waals surface area contributed by atoms with Crippen LogP contribution in [0, 0.1) is 13.8 Å². The van der Waals surface area contributed by atoms with Crippen molar-refractivity contribution in [1.29, 1.82) is 0 Å². The third-order valence-corrected chi connectivity index (χ3v) is 6.99. The molecule has 3 aromatic carbocycles. The Balaban J connectivity index is 1.79. The summed E-state index contributed by atoms with van der Waals surface area (Å²) in [4.78, 5) is 0.237. The SMILES string of the molecule is COc1ccc([C@H]2CC(c3cccc(C)c3)=NN2S(=O)(=O)c2ccc(C)cc2)cc1. The maximum Gasteiger partial charge on any atom is 0.279 e. The number of hydrogen-bond acceptors (Lipinski definition) is 4. The van der Waals surface area contributed by atoms with E-state index in [4.69, 9.17) is 4.74 Å². The molecule has 0 saturated heterocycles. The summed E-state index contributed by atoms with van der Waals surface area (Å²) in [6.45, 7) is 3.95. The van der Waals surface area contributed by atoms with Crippen LogP contribution in [0.5, 0.6) is 5.75 Å². The van der Waals surface area contributed by atoms with E-state index in [1.165, 1.54) is 4.41 Å². The molecule has 0 amide bonds. The second-order valence-corrected chi connectivity index (χ2v) is 9.30. The van der Waals surface area contributed by atoms with Crippen molar-refractivity contribution in [2.75, 3.05) is 7.11 Å². The number of aryl methyl sites for hydroxylation is 2. The summed E-state index contributed by atoms with van der Waals surface area (Å²) in [6, 6.07) is 21.9. The van der Waals surface area contributed by atoms with Gasteiger partial charge in [-0.2, -0.15) is 17.9 Å². The number of ether oxygens (including phenoxy) is 1. The predicted molar refractivity (Wildman–Crippen MR) is 118 cm³/mol. The highest BCUT2D eigenvalue weighted by atomic mass is 32.2. The molecule has 6 heteroatoms. The zero-order valence-electron chi connectivity index (χ0n) is 17.2. The molecule has 1 aliphatic heterocycles. The standard InChI is InChI=1S/C24H24N2O3S/c1-17-7-13-22(14-8-17)30(27,28)26-24(19-9-11-21(29-3)12-10-19)16-23(25-26)20-6-4-5-18(2)15-20/h4-15,24H,16H2,1-3H3/t24-/m1/s1. The first-order valence-electron chi connectivity index (χ1n) is 9.78. The van der Waals surface area contributed by atoms with Gasteiger partial charge in [0, 0.05) is 6.42 Å². The van der Waals surface area contributed by atoms with Crippen LogP contribution in [0.1, 0.15) is 34.7 Å². The van der Waals surface area contributed by atoms with E-state index >= 15 is 0 Å². The van der Waals surface area contributed by atoms with Crippen molar-refractivity contribution >= 4 is 15.7 Å². The van der Waals surface area contributed by atoms with Crippen molar-refractivity contribution in [1.82, 2.24) is 4.41 Å². The highest BCUT2D eigenvalue weighted by molar-refractivity contribution is 7.89. The van der Waals surface area contributed by atoms with Crippen molar-refractivity contribution in [3.05, 3.63) is 95.1 Å². The fraction of sp³-hybridized carbons (Fsp3) is 0.208. The van der Waals surface area contributed by atoms with Crippen LogP contribution in [-0.4, -0.2) is 25.7 Å². The highest BCUT2D eigenvalue weighted by Crippen LogP contribution is 2.37. The summed E-state index contributed by atoms with van der Waals surface area (Å²) >= 11 is 0. The maximum atomic E-state index is 13.5. The fourth-order valence-electron chi connectivity index (χ4n) is 3.60. The minimum absolute atomic E-state index is 0.237. The van der Waals surface area contributed by atoms with Crippen LogP contribution < -0.4 is 4.74 Å². The molecular weight excluding hydrogens is 396 g/mol.